The topological polar surface area (TPSA) is 33.0 Å². The molecular weight excluding hydrogens is 350 g/mol. The van der Waals surface area contributed by atoms with Gasteiger partial charge in [0, 0.05) is 13.0 Å². The maximum absolute atomic E-state index is 13.4. The second-order valence-electron chi connectivity index (χ2n) is 4.69. The Bertz CT molecular complexity index is 640. The van der Waals surface area contributed by atoms with Gasteiger partial charge in [-0.1, -0.05) is 12.1 Å². The summed E-state index contributed by atoms with van der Waals surface area (Å²) in [4.78, 5) is 0. The lowest BCUT2D eigenvalue weighted by Gasteiger charge is -2.34. The second kappa shape index (κ2) is 6.30. The number of hydrogen-bond acceptors (Lipinski definition) is 2. The van der Waals surface area contributed by atoms with Crippen molar-refractivity contribution in [2.24, 2.45) is 0 Å². The number of benzene rings is 1. The van der Waals surface area contributed by atoms with Gasteiger partial charge in [0.2, 0.25) is 0 Å². The van der Waals surface area contributed by atoms with Crippen molar-refractivity contribution < 1.29 is 39.9 Å². The Hall–Kier alpha value is -2.31. The molecule has 0 atom stereocenters. The van der Waals surface area contributed by atoms with Crippen molar-refractivity contribution in [3.05, 3.63) is 35.9 Å². The van der Waals surface area contributed by atoms with Crippen LogP contribution in [0.5, 0.6) is 5.75 Å². The molecule has 1 aromatic carbocycles. The predicted octanol–water partition coefficient (Wildman–Crippen LogP) is 5.12. The largest absolute Gasteiger partial charge is 0.471 e. The van der Waals surface area contributed by atoms with Crippen LogP contribution in [0.1, 0.15) is 12.5 Å². The molecule has 0 aromatic heterocycles. The lowest BCUT2D eigenvalue weighted by atomic mass is 10.1. The van der Waals surface area contributed by atoms with Crippen LogP contribution < -0.4 is 4.74 Å². The lowest BCUT2D eigenvalue weighted by Crippen LogP contribution is -2.63. The number of alkyl halides is 8. The molecule has 1 aromatic rings. The van der Waals surface area contributed by atoms with Crippen molar-refractivity contribution in [1.82, 2.24) is 0 Å². The van der Waals surface area contributed by atoms with Crippen LogP contribution in [0.25, 0.3) is 6.08 Å². The van der Waals surface area contributed by atoms with Crippen molar-refractivity contribution in [2.45, 2.75) is 30.8 Å². The van der Waals surface area contributed by atoms with Gasteiger partial charge in [-0.15, -0.1) is 0 Å². The van der Waals surface area contributed by atoms with Gasteiger partial charge in [0.15, 0.2) is 0 Å². The van der Waals surface area contributed by atoms with E-state index >= 15 is 0 Å². The molecule has 0 saturated heterocycles. The standard InChI is InChI=1S/C14H9F8NO/c1-11(15,16)12(17,18)13(19,20)14(21,22)24-10-6-4-9(5-7-10)3-2-8-23/h2-7H,1H3. The summed E-state index contributed by atoms with van der Waals surface area (Å²) in [6.45, 7) is -0.604. The molecular formula is C14H9F8NO. The molecule has 0 spiro atoms. The molecule has 0 radical (unpaired) electrons. The number of allylic oxidation sites excluding steroid dienone is 1. The van der Waals surface area contributed by atoms with Gasteiger partial charge in [-0.2, -0.15) is 40.4 Å². The number of nitrogens with zero attached hydrogens (tertiary/aromatic N) is 1. The molecule has 0 aliphatic heterocycles. The van der Waals surface area contributed by atoms with Crippen molar-refractivity contribution >= 4 is 6.08 Å². The van der Waals surface area contributed by atoms with E-state index in [0.29, 0.717) is 5.56 Å². The van der Waals surface area contributed by atoms with Crippen molar-refractivity contribution in [2.75, 3.05) is 0 Å². The molecule has 0 aliphatic rings. The van der Waals surface area contributed by atoms with Gasteiger partial charge in [0.25, 0.3) is 0 Å². The van der Waals surface area contributed by atoms with Crippen LogP contribution in [0.15, 0.2) is 30.3 Å². The van der Waals surface area contributed by atoms with Crippen LogP contribution in [0.2, 0.25) is 0 Å². The SMILES string of the molecule is CC(F)(F)C(F)(F)C(F)(F)C(F)(F)Oc1ccc(C=CC#N)cc1. The molecule has 132 valence electrons. The van der Waals surface area contributed by atoms with E-state index in [9.17, 15) is 35.1 Å². The summed E-state index contributed by atoms with van der Waals surface area (Å²) in [7, 11) is 0. The molecule has 0 unspecified atom stereocenters. The van der Waals surface area contributed by atoms with Crippen LogP contribution in [0.4, 0.5) is 35.1 Å². The Morgan fingerprint density at radius 1 is 0.917 bits per heavy atom. The zero-order valence-electron chi connectivity index (χ0n) is 11.8. The first-order valence-corrected chi connectivity index (χ1v) is 6.13. The van der Waals surface area contributed by atoms with Crippen LogP contribution in [-0.2, 0) is 0 Å². The zero-order valence-corrected chi connectivity index (χ0v) is 11.8. The summed E-state index contributed by atoms with van der Waals surface area (Å²) in [5, 5.41) is 8.29. The van der Waals surface area contributed by atoms with E-state index in [-0.39, 0.29) is 0 Å². The first kappa shape index (κ1) is 19.7. The fraction of sp³-hybridized carbons (Fsp3) is 0.357. The maximum Gasteiger partial charge on any atom is 0.471 e. The number of hydrogen-bond donors (Lipinski definition) is 0. The third-order valence-electron chi connectivity index (χ3n) is 2.79. The fourth-order valence-corrected chi connectivity index (χ4v) is 1.45. The van der Waals surface area contributed by atoms with E-state index in [0.717, 1.165) is 30.3 Å². The first-order chi connectivity index (χ1) is 10.8. The van der Waals surface area contributed by atoms with E-state index < -0.39 is 36.5 Å². The van der Waals surface area contributed by atoms with Crippen LogP contribution >= 0.6 is 0 Å². The molecule has 1 rings (SSSR count). The molecule has 0 fully saturated rings. The van der Waals surface area contributed by atoms with E-state index in [1.807, 2.05) is 0 Å². The zero-order chi connectivity index (χ0) is 18.8. The summed E-state index contributed by atoms with van der Waals surface area (Å²) < 4.78 is 108. The lowest BCUT2D eigenvalue weighted by molar-refractivity contribution is -0.405. The minimum Gasteiger partial charge on any atom is -0.428 e. The highest BCUT2D eigenvalue weighted by Gasteiger charge is 2.81. The number of rotatable bonds is 6. The van der Waals surface area contributed by atoms with E-state index in [1.165, 1.54) is 6.08 Å². The average Bonchev–Trinajstić information content (AvgIpc) is 2.44. The molecule has 2 nitrogen and oxygen atoms in total. The Morgan fingerprint density at radius 3 is 1.83 bits per heavy atom. The Kier molecular flexibility index (Phi) is 5.18. The van der Waals surface area contributed by atoms with E-state index in [4.69, 9.17) is 5.26 Å². The average molecular weight is 359 g/mol. The highest BCUT2D eigenvalue weighted by atomic mass is 19.4. The van der Waals surface area contributed by atoms with Crippen LogP contribution in [0.3, 0.4) is 0 Å². The smallest absolute Gasteiger partial charge is 0.428 e. The Morgan fingerprint density at radius 2 is 1.42 bits per heavy atom. The second-order valence-corrected chi connectivity index (χ2v) is 4.69. The van der Waals surface area contributed by atoms with Gasteiger partial charge >= 0.3 is 23.9 Å². The van der Waals surface area contributed by atoms with Crippen LogP contribution in [0, 0.1) is 11.3 Å². The minimum absolute atomic E-state index is 0.296. The quantitative estimate of drug-likeness (QED) is 0.522. The number of ether oxygens (including phenoxy) is 1. The molecule has 0 saturated carbocycles. The van der Waals surface area contributed by atoms with Gasteiger partial charge in [-0.3, -0.25) is 0 Å². The van der Waals surface area contributed by atoms with Crippen molar-refractivity contribution in [3.63, 3.8) is 0 Å². The third-order valence-corrected chi connectivity index (χ3v) is 2.79. The Labute approximate surface area is 130 Å². The molecule has 0 heterocycles. The molecule has 10 heteroatoms. The highest BCUT2D eigenvalue weighted by molar-refractivity contribution is 5.52. The van der Waals surface area contributed by atoms with Crippen molar-refractivity contribution in [3.8, 4) is 11.8 Å². The van der Waals surface area contributed by atoms with Crippen molar-refractivity contribution in [1.29, 1.82) is 5.26 Å². The minimum atomic E-state index is -6.47. The van der Waals surface area contributed by atoms with Gasteiger partial charge in [0.05, 0.1) is 6.07 Å². The summed E-state index contributed by atoms with van der Waals surface area (Å²) >= 11 is 0. The third kappa shape index (κ3) is 3.60. The fourth-order valence-electron chi connectivity index (χ4n) is 1.45. The molecule has 24 heavy (non-hydrogen) atoms. The predicted molar refractivity (Wildman–Crippen MR) is 67.2 cm³/mol. The number of nitriles is 1. The summed E-state index contributed by atoms with van der Waals surface area (Å²) in [5.74, 6) is -19.2. The Balaban J connectivity index is 3.08. The summed E-state index contributed by atoms with van der Waals surface area (Å²) in [6, 6.07) is 5.20. The number of halogens is 8. The first-order valence-electron chi connectivity index (χ1n) is 6.13. The van der Waals surface area contributed by atoms with Gasteiger partial charge < -0.3 is 4.74 Å². The van der Waals surface area contributed by atoms with Gasteiger partial charge in [-0.25, -0.2) is 0 Å². The molecule has 0 bridgehead atoms. The molecule has 0 aliphatic carbocycles. The highest BCUT2D eigenvalue weighted by Crippen LogP contribution is 2.52. The summed E-state index contributed by atoms with van der Waals surface area (Å²) in [5.41, 5.74) is 0.296. The normalized spacial score (nSPS) is 13.8. The van der Waals surface area contributed by atoms with E-state index in [1.54, 1.807) is 6.07 Å². The van der Waals surface area contributed by atoms with Gasteiger partial charge in [-0.05, 0) is 23.8 Å². The monoisotopic (exact) mass is 359 g/mol. The maximum atomic E-state index is 13.4. The molecule has 0 N–H and O–H groups in total. The summed E-state index contributed by atoms with van der Waals surface area (Å²) in [6.07, 6.45) is -3.63. The van der Waals surface area contributed by atoms with Gasteiger partial charge in [0.1, 0.15) is 5.75 Å². The van der Waals surface area contributed by atoms with Crippen LogP contribution in [-0.4, -0.2) is 23.9 Å². The van der Waals surface area contributed by atoms with E-state index in [2.05, 4.69) is 4.74 Å². The molecule has 0 amide bonds.